The predicted octanol–water partition coefficient (Wildman–Crippen LogP) is 13.2. The largest absolute Gasteiger partial charge is 0.378 e. The van der Waals surface area contributed by atoms with Crippen LogP contribution < -0.4 is 4.90 Å². The van der Waals surface area contributed by atoms with E-state index in [0.29, 0.717) is 0 Å². The standard InChI is InChI=1S/C12H19N.C12H18.2C11H16/c1-12(2,3)10-6-8-11(9-7-10)13(4)5;1-5-10-6-8-11(9-7-10)12(2,3)4;1-9-5-7-10(8-6-9)11(2,3)4;1-9-7-5-6-8-10(9)11(2,3)4/h6-9H,1-5H3;6-9H,5H2,1-4H3;2*5-8H,1-4H3. The van der Waals surface area contributed by atoms with Gasteiger partial charge in [0.1, 0.15) is 0 Å². The quantitative estimate of drug-likeness (QED) is 0.212. The summed E-state index contributed by atoms with van der Waals surface area (Å²) in [6.45, 7) is 33.3. The second kappa shape index (κ2) is 17.7. The highest BCUT2D eigenvalue weighted by Crippen LogP contribution is 2.26. The molecule has 0 aliphatic heterocycles. The summed E-state index contributed by atoms with van der Waals surface area (Å²) >= 11 is 0. The van der Waals surface area contributed by atoms with Crippen LogP contribution in [-0.4, -0.2) is 14.1 Å². The van der Waals surface area contributed by atoms with E-state index in [1.807, 2.05) is 0 Å². The van der Waals surface area contributed by atoms with Crippen molar-refractivity contribution in [2.75, 3.05) is 19.0 Å². The van der Waals surface area contributed by atoms with Crippen LogP contribution in [-0.2, 0) is 28.1 Å². The molecule has 47 heavy (non-hydrogen) atoms. The zero-order valence-corrected chi connectivity index (χ0v) is 33.4. The fourth-order valence-corrected chi connectivity index (χ4v) is 4.97. The Bertz CT molecular complexity index is 1430. The first-order valence-corrected chi connectivity index (χ1v) is 17.5. The fraction of sp³-hybridized carbons (Fsp3) is 0.478. The van der Waals surface area contributed by atoms with Gasteiger partial charge in [0.05, 0.1) is 0 Å². The van der Waals surface area contributed by atoms with Gasteiger partial charge in [-0.2, -0.15) is 0 Å². The van der Waals surface area contributed by atoms with Crippen molar-refractivity contribution in [3.05, 3.63) is 136 Å². The Morgan fingerprint density at radius 3 is 1.11 bits per heavy atom. The number of hydrogen-bond acceptors (Lipinski definition) is 1. The second-order valence-electron chi connectivity index (χ2n) is 17.2. The first-order valence-electron chi connectivity index (χ1n) is 17.5. The van der Waals surface area contributed by atoms with Crippen LogP contribution in [0.1, 0.15) is 129 Å². The van der Waals surface area contributed by atoms with Crippen LogP contribution in [0.3, 0.4) is 0 Å². The van der Waals surface area contributed by atoms with Crippen LogP contribution in [0, 0.1) is 13.8 Å². The topological polar surface area (TPSA) is 3.24 Å². The molecule has 0 aromatic heterocycles. The Morgan fingerprint density at radius 2 is 0.809 bits per heavy atom. The Balaban J connectivity index is 0.000000314. The van der Waals surface area contributed by atoms with E-state index in [-0.39, 0.29) is 21.7 Å². The van der Waals surface area contributed by atoms with Gasteiger partial charge in [-0.1, -0.05) is 181 Å². The van der Waals surface area contributed by atoms with Gasteiger partial charge in [0.25, 0.3) is 0 Å². The molecule has 0 heterocycles. The van der Waals surface area contributed by atoms with Crippen LogP contribution in [0.4, 0.5) is 5.69 Å². The molecular formula is C46H69N. The third-order valence-corrected chi connectivity index (χ3v) is 8.35. The van der Waals surface area contributed by atoms with Crippen LogP contribution in [0.25, 0.3) is 0 Å². The number of anilines is 1. The monoisotopic (exact) mass is 636 g/mol. The summed E-state index contributed by atoms with van der Waals surface area (Å²) in [4.78, 5) is 2.12. The predicted molar refractivity (Wildman–Crippen MR) is 214 cm³/mol. The zero-order valence-electron chi connectivity index (χ0n) is 33.4. The van der Waals surface area contributed by atoms with Crippen molar-refractivity contribution in [1.29, 1.82) is 0 Å². The van der Waals surface area contributed by atoms with E-state index in [9.17, 15) is 0 Å². The minimum Gasteiger partial charge on any atom is -0.378 e. The number of benzene rings is 4. The van der Waals surface area contributed by atoms with Crippen molar-refractivity contribution >= 4 is 5.69 Å². The normalized spacial score (nSPS) is 11.6. The summed E-state index contributed by atoms with van der Waals surface area (Å²) in [6, 6.07) is 35.0. The Morgan fingerprint density at radius 1 is 0.447 bits per heavy atom. The lowest BCUT2D eigenvalue weighted by molar-refractivity contribution is 0.586. The molecule has 0 aliphatic carbocycles. The molecule has 1 nitrogen and oxygen atoms in total. The van der Waals surface area contributed by atoms with Crippen molar-refractivity contribution in [2.45, 2.75) is 132 Å². The lowest BCUT2D eigenvalue weighted by atomic mass is 9.84. The molecule has 4 aromatic carbocycles. The SMILES string of the molecule is CCc1ccc(C(C)(C)C)cc1.CN(C)c1ccc(C(C)(C)C)cc1.Cc1ccc(C(C)(C)C)cc1.Cc1ccccc1C(C)(C)C. The molecule has 0 saturated carbocycles. The summed E-state index contributed by atoms with van der Waals surface area (Å²) in [5, 5.41) is 0. The Kier molecular flexibility index (Phi) is 15.7. The van der Waals surface area contributed by atoms with Gasteiger partial charge in [-0.3, -0.25) is 0 Å². The highest BCUT2D eigenvalue weighted by molar-refractivity contribution is 5.47. The summed E-state index contributed by atoms with van der Waals surface area (Å²) < 4.78 is 0. The highest BCUT2D eigenvalue weighted by atomic mass is 15.1. The van der Waals surface area contributed by atoms with Crippen molar-refractivity contribution in [2.24, 2.45) is 0 Å². The molecule has 0 spiro atoms. The van der Waals surface area contributed by atoms with Crippen LogP contribution in [0.15, 0.2) is 97.1 Å². The summed E-state index contributed by atoms with van der Waals surface area (Å²) in [5.74, 6) is 0. The fourth-order valence-electron chi connectivity index (χ4n) is 4.97. The summed E-state index contributed by atoms with van der Waals surface area (Å²) in [7, 11) is 4.12. The van der Waals surface area contributed by atoms with E-state index in [0.717, 1.165) is 6.42 Å². The van der Waals surface area contributed by atoms with Gasteiger partial charge in [0.2, 0.25) is 0 Å². The molecule has 0 unspecified atom stereocenters. The van der Waals surface area contributed by atoms with Gasteiger partial charge < -0.3 is 4.90 Å². The van der Waals surface area contributed by atoms with Gasteiger partial charge in [0, 0.05) is 19.8 Å². The smallest absolute Gasteiger partial charge is 0.0361 e. The number of hydrogen-bond donors (Lipinski definition) is 0. The molecule has 0 radical (unpaired) electrons. The lowest BCUT2D eigenvalue weighted by Crippen LogP contribution is -2.12. The molecule has 0 fully saturated rings. The average Bonchev–Trinajstić information content (AvgIpc) is 2.97. The Labute approximate surface area is 291 Å². The van der Waals surface area contributed by atoms with E-state index >= 15 is 0 Å². The summed E-state index contributed by atoms with van der Waals surface area (Å²) in [5.41, 5.74) is 12.2. The van der Waals surface area contributed by atoms with Gasteiger partial charge >= 0.3 is 0 Å². The molecule has 0 N–H and O–H groups in total. The third kappa shape index (κ3) is 15.4. The third-order valence-electron chi connectivity index (χ3n) is 8.35. The molecular weight excluding hydrogens is 567 g/mol. The number of rotatable bonds is 2. The minimum absolute atomic E-state index is 0.255. The van der Waals surface area contributed by atoms with E-state index < -0.39 is 0 Å². The number of aryl methyl sites for hydroxylation is 3. The molecule has 0 aliphatic rings. The highest BCUT2D eigenvalue weighted by Gasteiger charge is 2.15. The van der Waals surface area contributed by atoms with E-state index in [2.05, 4.69) is 220 Å². The molecule has 0 amide bonds. The molecule has 4 rings (SSSR count). The van der Waals surface area contributed by atoms with Crippen molar-refractivity contribution in [3.63, 3.8) is 0 Å². The van der Waals surface area contributed by atoms with E-state index in [1.165, 1.54) is 44.6 Å². The van der Waals surface area contributed by atoms with Crippen molar-refractivity contribution < 1.29 is 0 Å². The molecule has 1 heteroatoms. The maximum atomic E-state index is 2.25. The van der Waals surface area contributed by atoms with Crippen LogP contribution in [0.2, 0.25) is 0 Å². The minimum atomic E-state index is 0.255. The van der Waals surface area contributed by atoms with Crippen LogP contribution >= 0.6 is 0 Å². The van der Waals surface area contributed by atoms with Gasteiger partial charge in [-0.25, -0.2) is 0 Å². The van der Waals surface area contributed by atoms with Crippen LogP contribution in [0.5, 0.6) is 0 Å². The Hall–Kier alpha value is -3.32. The molecule has 258 valence electrons. The second-order valence-corrected chi connectivity index (χ2v) is 17.2. The van der Waals surface area contributed by atoms with E-state index in [4.69, 9.17) is 0 Å². The lowest BCUT2D eigenvalue weighted by Gasteiger charge is -2.21. The molecule has 0 bridgehead atoms. The average molecular weight is 636 g/mol. The van der Waals surface area contributed by atoms with Gasteiger partial charge in [-0.05, 0) is 87.4 Å². The van der Waals surface area contributed by atoms with Gasteiger partial charge in [0.15, 0.2) is 0 Å². The zero-order chi connectivity index (χ0) is 36.2. The van der Waals surface area contributed by atoms with E-state index in [1.54, 1.807) is 0 Å². The van der Waals surface area contributed by atoms with Crippen molar-refractivity contribution in [1.82, 2.24) is 0 Å². The molecule has 0 atom stereocenters. The summed E-state index contributed by atoms with van der Waals surface area (Å²) in [6.07, 6.45) is 1.13. The number of nitrogens with zero attached hydrogens (tertiary/aromatic N) is 1. The first-order chi connectivity index (χ1) is 21.5. The van der Waals surface area contributed by atoms with Crippen molar-refractivity contribution in [3.8, 4) is 0 Å². The molecule has 4 aromatic rings. The van der Waals surface area contributed by atoms with Gasteiger partial charge in [-0.15, -0.1) is 0 Å². The maximum absolute atomic E-state index is 2.25. The molecule has 0 saturated heterocycles. The maximum Gasteiger partial charge on any atom is 0.0361 e. The first kappa shape index (κ1) is 41.7.